The Hall–Kier alpha value is -2.81. The van der Waals surface area contributed by atoms with Gasteiger partial charge >= 0.3 is 11.9 Å². The van der Waals surface area contributed by atoms with E-state index < -0.39 is 12.1 Å². The first kappa shape index (κ1) is 56.2. The number of unbranched alkanes of at least 4 members (excludes halogenated alkanes) is 24. The largest absolute Gasteiger partial charge is 0.462 e. The third-order valence-electron chi connectivity index (χ3n) is 11.9. The van der Waals surface area contributed by atoms with Gasteiger partial charge in [0.15, 0.2) is 0 Å². The van der Waals surface area contributed by atoms with Crippen LogP contribution in [-0.4, -0.2) is 84.9 Å². The first-order valence-corrected chi connectivity index (χ1v) is 25.5. The van der Waals surface area contributed by atoms with Crippen LogP contribution in [0.25, 0.3) is 0 Å². The van der Waals surface area contributed by atoms with E-state index in [2.05, 4.69) is 23.7 Å². The second-order valence-corrected chi connectivity index (χ2v) is 17.9. The number of hydrogen-bond acceptors (Lipinski definition) is 8. The maximum Gasteiger partial charge on any atom is 0.338 e. The van der Waals surface area contributed by atoms with Crippen LogP contribution >= 0.6 is 0 Å². The number of aryl methyl sites for hydroxylation is 1. The summed E-state index contributed by atoms with van der Waals surface area (Å²) in [5.74, 6) is -0.532. The number of rotatable bonds is 43. The van der Waals surface area contributed by atoms with Crippen LogP contribution < -0.4 is 0 Å². The zero-order valence-electron chi connectivity index (χ0n) is 40.3. The van der Waals surface area contributed by atoms with Gasteiger partial charge in [0.1, 0.15) is 18.5 Å². The lowest BCUT2D eigenvalue weighted by Crippen LogP contribution is -2.36. The molecule has 1 unspecified atom stereocenters. The first-order chi connectivity index (χ1) is 29.7. The highest BCUT2D eigenvalue weighted by molar-refractivity contribution is 5.89. The summed E-state index contributed by atoms with van der Waals surface area (Å²) >= 11 is 0. The van der Waals surface area contributed by atoms with Gasteiger partial charge in [-0.05, 0) is 65.3 Å². The predicted octanol–water partition coefficient (Wildman–Crippen LogP) is 13.2. The number of carbonyl (C=O) groups is 4. The number of Topliss-reactive ketones (excluding diaryl/α,β-unsaturated/α-hetero) is 1. The zero-order valence-corrected chi connectivity index (χ0v) is 40.3. The molecule has 9 heteroatoms. The van der Waals surface area contributed by atoms with Crippen LogP contribution in [-0.2, 0) is 30.3 Å². The molecule has 0 aliphatic heterocycles. The number of amides is 1. The Labute approximate surface area is 374 Å². The van der Waals surface area contributed by atoms with Crippen molar-refractivity contribution in [3.63, 3.8) is 0 Å². The molecule has 0 spiro atoms. The molecule has 0 bridgehead atoms. The summed E-state index contributed by atoms with van der Waals surface area (Å²) in [6.45, 7) is 8.65. The molecular weight excluding hydrogens is 763 g/mol. The standard InChI is InChI=1S/C52H93N3O6/c1-6-9-11-13-15-17-19-21-23-25-27-29-31-35-48(56)38-39-49(45-60-51(58)37-32-30-28-26-24-22-20-18-16-14-12-10-7-2)61-52(59)46-40-41-53-47(44-46)34-33-36-50(57)55(8-3)43-42-54(4)5/h40-41,44,49H,6-39,42-43,45H2,1-5H3. The molecule has 61 heavy (non-hydrogen) atoms. The second-order valence-electron chi connectivity index (χ2n) is 17.9. The van der Waals surface area contributed by atoms with Gasteiger partial charge in [-0.3, -0.25) is 19.4 Å². The number of hydrogen-bond donors (Lipinski definition) is 0. The fraction of sp³-hybridized carbons (Fsp3) is 0.827. The van der Waals surface area contributed by atoms with Crippen LogP contribution in [0.5, 0.6) is 0 Å². The Balaban J connectivity index is 2.56. The van der Waals surface area contributed by atoms with Gasteiger partial charge in [-0.1, -0.05) is 168 Å². The Bertz CT molecular complexity index is 1190. The summed E-state index contributed by atoms with van der Waals surface area (Å²) in [6.07, 6.45) is 36.5. The molecule has 0 radical (unpaired) electrons. The molecule has 0 aliphatic carbocycles. The minimum Gasteiger partial charge on any atom is -0.462 e. The fourth-order valence-electron chi connectivity index (χ4n) is 7.83. The van der Waals surface area contributed by atoms with E-state index in [4.69, 9.17) is 9.47 Å². The summed E-state index contributed by atoms with van der Waals surface area (Å²) in [4.78, 5) is 60.2. The molecule has 352 valence electrons. The molecule has 1 rings (SSSR count). The molecule has 9 nitrogen and oxygen atoms in total. The van der Waals surface area contributed by atoms with Crippen molar-refractivity contribution in [3.8, 4) is 0 Å². The maximum absolute atomic E-state index is 13.4. The number of ether oxygens (including phenoxy) is 2. The molecule has 0 fully saturated rings. The van der Waals surface area contributed by atoms with Crippen LogP contribution in [0.1, 0.15) is 242 Å². The summed E-state index contributed by atoms with van der Waals surface area (Å²) in [5, 5.41) is 0. The molecule has 1 aromatic rings. The van der Waals surface area contributed by atoms with Gasteiger partial charge in [0.25, 0.3) is 0 Å². The van der Waals surface area contributed by atoms with E-state index in [1.54, 1.807) is 18.3 Å². The summed E-state index contributed by atoms with van der Waals surface area (Å²) < 4.78 is 11.6. The number of aromatic nitrogens is 1. The monoisotopic (exact) mass is 856 g/mol. The van der Waals surface area contributed by atoms with Gasteiger partial charge in [-0.25, -0.2) is 4.79 Å². The van der Waals surface area contributed by atoms with Gasteiger partial charge in [0.05, 0.1) is 5.56 Å². The number of ketones is 1. The van der Waals surface area contributed by atoms with Gasteiger partial charge in [0.2, 0.25) is 5.91 Å². The van der Waals surface area contributed by atoms with E-state index in [1.165, 1.54) is 128 Å². The lowest BCUT2D eigenvalue weighted by molar-refractivity contribution is -0.147. The van der Waals surface area contributed by atoms with Crippen molar-refractivity contribution in [3.05, 3.63) is 29.6 Å². The van der Waals surface area contributed by atoms with E-state index in [0.717, 1.165) is 45.1 Å². The Kier molecular flexibility index (Phi) is 36.9. The highest BCUT2D eigenvalue weighted by Crippen LogP contribution is 2.17. The fourth-order valence-corrected chi connectivity index (χ4v) is 7.83. The number of nitrogens with zero attached hydrogens (tertiary/aromatic N) is 3. The summed E-state index contributed by atoms with van der Waals surface area (Å²) in [5.41, 5.74) is 1.08. The van der Waals surface area contributed by atoms with Crippen LogP contribution in [0.2, 0.25) is 0 Å². The smallest absolute Gasteiger partial charge is 0.338 e. The van der Waals surface area contributed by atoms with Crippen molar-refractivity contribution < 1.29 is 28.7 Å². The van der Waals surface area contributed by atoms with Gasteiger partial charge in [-0.2, -0.15) is 0 Å². The van der Waals surface area contributed by atoms with Crippen molar-refractivity contribution in [2.45, 2.75) is 239 Å². The lowest BCUT2D eigenvalue weighted by atomic mass is 10.0. The average molecular weight is 856 g/mol. The van der Waals surface area contributed by atoms with E-state index >= 15 is 0 Å². The highest BCUT2D eigenvalue weighted by atomic mass is 16.6. The molecule has 0 aromatic carbocycles. The zero-order chi connectivity index (χ0) is 44.6. The highest BCUT2D eigenvalue weighted by Gasteiger charge is 2.21. The maximum atomic E-state index is 13.4. The van der Waals surface area contributed by atoms with Crippen LogP contribution in [0.4, 0.5) is 0 Å². The third kappa shape index (κ3) is 33.4. The number of esters is 2. The van der Waals surface area contributed by atoms with Crippen molar-refractivity contribution in [2.75, 3.05) is 40.3 Å². The van der Waals surface area contributed by atoms with E-state index in [9.17, 15) is 19.2 Å². The molecule has 1 heterocycles. The second kappa shape index (κ2) is 40.0. The number of pyridine rings is 1. The Morgan fingerprint density at radius 3 is 1.57 bits per heavy atom. The minimum atomic E-state index is -0.713. The molecule has 0 N–H and O–H groups in total. The SMILES string of the molecule is CCCCCCCCCCCCCCCC(=O)CCC(COC(=O)CCCCCCCCCCCCCCC)OC(=O)c1ccnc(CCCC(=O)N(CC)CCN(C)C)c1. The molecule has 1 amide bonds. The van der Waals surface area contributed by atoms with Crippen molar-refractivity contribution >= 4 is 23.6 Å². The van der Waals surface area contributed by atoms with Crippen LogP contribution in [0.15, 0.2) is 18.3 Å². The van der Waals surface area contributed by atoms with Crippen molar-refractivity contribution in [1.29, 1.82) is 0 Å². The Morgan fingerprint density at radius 2 is 1.08 bits per heavy atom. The molecule has 0 aliphatic rings. The van der Waals surface area contributed by atoms with Crippen LogP contribution in [0, 0.1) is 0 Å². The number of likely N-dealkylation sites (N-methyl/N-ethyl adjacent to an activating group) is 2. The lowest BCUT2D eigenvalue weighted by Gasteiger charge is -2.22. The van der Waals surface area contributed by atoms with Crippen LogP contribution in [0.3, 0.4) is 0 Å². The molecule has 0 saturated carbocycles. The van der Waals surface area contributed by atoms with E-state index in [-0.39, 0.29) is 30.7 Å². The topological polar surface area (TPSA) is 106 Å². The predicted molar refractivity (Wildman–Crippen MR) is 253 cm³/mol. The minimum absolute atomic E-state index is 0.0587. The molecular formula is C52H93N3O6. The Morgan fingerprint density at radius 1 is 0.590 bits per heavy atom. The summed E-state index contributed by atoms with van der Waals surface area (Å²) in [6, 6.07) is 3.34. The quantitative estimate of drug-likeness (QED) is 0.0472. The first-order valence-electron chi connectivity index (χ1n) is 25.5. The third-order valence-corrected chi connectivity index (χ3v) is 11.9. The van der Waals surface area contributed by atoms with Crippen molar-refractivity contribution in [1.82, 2.24) is 14.8 Å². The molecule has 1 aromatic heterocycles. The van der Waals surface area contributed by atoms with E-state index in [1.807, 2.05) is 25.9 Å². The summed E-state index contributed by atoms with van der Waals surface area (Å²) in [7, 11) is 4.00. The van der Waals surface area contributed by atoms with Gasteiger partial charge in [-0.15, -0.1) is 0 Å². The number of carbonyl (C=O) groups excluding carboxylic acids is 4. The molecule has 1 atom stereocenters. The van der Waals surface area contributed by atoms with Crippen molar-refractivity contribution in [2.24, 2.45) is 0 Å². The molecule has 0 saturated heterocycles. The van der Waals surface area contributed by atoms with Gasteiger partial charge < -0.3 is 19.3 Å². The normalized spacial score (nSPS) is 11.8. The van der Waals surface area contributed by atoms with E-state index in [0.29, 0.717) is 62.9 Å². The average Bonchev–Trinajstić information content (AvgIpc) is 3.25. The van der Waals surface area contributed by atoms with Gasteiger partial charge in [0, 0.05) is 57.2 Å².